The van der Waals surface area contributed by atoms with Crippen LogP contribution in [0.1, 0.15) is 37.7 Å². The highest BCUT2D eigenvalue weighted by Crippen LogP contribution is 2.27. The second kappa shape index (κ2) is 12.3. The minimum absolute atomic E-state index is 0. The van der Waals surface area contributed by atoms with Crippen LogP contribution in [0.3, 0.4) is 0 Å². The van der Waals surface area contributed by atoms with E-state index in [0.29, 0.717) is 38.2 Å². The summed E-state index contributed by atoms with van der Waals surface area (Å²) in [6.45, 7) is 3.24. The molecular weight excluding hydrogens is 406 g/mol. The Morgan fingerprint density at radius 1 is 1.07 bits per heavy atom. The van der Waals surface area contributed by atoms with Crippen molar-refractivity contribution in [3.05, 3.63) is 35.4 Å². The van der Waals surface area contributed by atoms with Crippen LogP contribution in [0.15, 0.2) is 18.2 Å². The number of carbonyl (C=O) groups excluding carboxylic acids is 3. The third-order valence-electron chi connectivity index (χ3n) is 4.60. The molecule has 0 aliphatic carbocycles. The molecule has 1 saturated heterocycles. The van der Waals surface area contributed by atoms with E-state index in [1.807, 2.05) is 0 Å². The largest absolute Gasteiger partial charge is 0.355 e. The van der Waals surface area contributed by atoms with Gasteiger partial charge in [0.25, 0.3) is 0 Å². The molecule has 4 N–H and O–H groups in total. The van der Waals surface area contributed by atoms with Gasteiger partial charge in [0.05, 0.1) is 0 Å². The lowest BCUT2D eigenvalue weighted by molar-refractivity contribution is -0.127. The van der Waals surface area contributed by atoms with Crippen LogP contribution >= 0.6 is 12.4 Å². The van der Waals surface area contributed by atoms with E-state index in [0.717, 1.165) is 6.07 Å². The van der Waals surface area contributed by atoms with Gasteiger partial charge in [-0.05, 0) is 30.7 Å². The maximum absolute atomic E-state index is 13.6. The molecule has 1 aliphatic heterocycles. The highest BCUT2D eigenvalue weighted by molar-refractivity contribution is 5.85. The molecule has 1 fully saturated rings. The minimum atomic E-state index is -0.906. The van der Waals surface area contributed by atoms with Crippen LogP contribution in [-0.2, 0) is 14.4 Å². The summed E-state index contributed by atoms with van der Waals surface area (Å²) >= 11 is 0. The summed E-state index contributed by atoms with van der Waals surface area (Å²) in [6.07, 6.45) is 0.731. The lowest BCUT2D eigenvalue weighted by atomic mass is 9.86. The van der Waals surface area contributed by atoms with E-state index in [9.17, 15) is 23.2 Å². The maximum atomic E-state index is 13.6. The molecule has 0 aromatic heterocycles. The number of amides is 3. The van der Waals surface area contributed by atoms with Crippen molar-refractivity contribution in [1.29, 1.82) is 0 Å². The van der Waals surface area contributed by atoms with Gasteiger partial charge in [0, 0.05) is 51.4 Å². The van der Waals surface area contributed by atoms with E-state index >= 15 is 0 Å². The average Bonchev–Trinajstić information content (AvgIpc) is 2.66. The number of piperidine rings is 1. The van der Waals surface area contributed by atoms with E-state index < -0.39 is 11.6 Å². The molecule has 7 nitrogen and oxygen atoms in total. The highest BCUT2D eigenvalue weighted by Gasteiger charge is 2.28. The summed E-state index contributed by atoms with van der Waals surface area (Å²) in [6, 6.07) is 3.54. The van der Waals surface area contributed by atoms with E-state index in [-0.39, 0.29) is 54.9 Å². The molecule has 0 radical (unpaired) electrons. The van der Waals surface area contributed by atoms with E-state index in [4.69, 9.17) is 0 Å². The summed E-state index contributed by atoms with van der Waals surface area (Å²) in [7, 11) is 0. The molecule has 1 aromatic rings. The molecular formula is C19H27ClF2N4O3. The zero-order chi connectivity index (χ0) is 20.5. The Balaban J connectivity index is 0.00000420. The summed E-state index contributed by atoms with van der Waals surface area (Å²) in [5, 5.41) is 11.2. The first-order chi connectivity index (χ1) is 13.4. The first kappa shape index (κ1) is 24.8. The van der Waals surface area contributed by atoms with Gasteiger partial charge in [0.15, 0.2) is 11.6 Å². The normalized spacial score (nSPS) is 18.3. The van der Waals surface area contributed by atoms with E-state index in [2.05, 4.69) is 21.3 Å². The lowest BCUT2D eigenvalue weighted by Crippen LogP contribution is -2.50. The molecule has 10 heteroatoms. The van der Waals surface area contributed by atoms with Gasteiger partial charge in [-0.3, -0.25) is 14.4 Å². The molecule has 0 saturated carbocycles. The Labute approximate surface area is 174 Å². The third kappa shape index (κ3) is 8.33. The molecule has 0 spiro atoms. The zero-order valence-electron chi connectivity index (χ0n) is 16.2. The fraction of sp³-hybridized carbons (Fsp3) is 0.526. The maximum Gasteiger partial charge on any atom is 0.220 e. The fourth-order valence-electron chi connectivity index (χ4n) is 3.19. The molecule has 2 rings (SSSR count). The Morgan fingerprint density at radius 2 is 1.76 bits per heavy atom. The zero-order valence-corrected chi connectivity index (χ0v) is 17.0. The summed E-state index contributed by atoms with van der Waals surface area (Å²) in [5.41, 5.74) is 0.640. The van der Waals surface area contributed by atoms with Crippen molar-refractivity contribution in [3.63, 3.8) is 0 Å². The smallest absolute Gasteiger partial charge is 0.220 e. The van der Waals surface area contributed by atoms with Crippen molar-refractivity contribution < 1.29 is 23.2 Å². The van der Waals surface area contributed by atoms with Gasteiger partial charge in [-0.2, -0.15) is 0 Å². The number of hydrogen-bond acceptors (Lipinski definition) is 4. The van der Waals surface area contributed by atoms with Crippen molar-refractivity contribution in [1.82, 2.24) is 21.3 Å². The summed E-state index contributed by atoms with van der Waals surface area (Å²) < 4.78 is 26.7. The molecule has 162 valence electrons. The van der Waals surface area contributed by atoms with Crippen LogP contribution in [0.25, 0.3) is 0 Å². The SMILES string of the molecule is CC(=O)NCCNC(=O)CCC(=O)NC1CNCCC1c1ccc(F)c(F)c1.Cl. The molecule has 29 heavy (non-hydrogen) atoms. The predicted molar refractivity (Wildman–Crippen MR) is 107 cm³/mol. The van der Waals surface area contributed by atoms with E-state index in [1.165, 1.54) is 19.1 Å². The summed E-state index contributed by atoms with van der Waals surface area (Å²) in [4.78, 5) is 34.7. The Hall–Kier alpha value is -2.26. The first-order valence-electron chi connectivity index (χ1n) is 9.33. The molecule has 1 heterocycles. The van der Waals surface area contributed by atoms with Gasteiger partial charge in [-0.25, -0.2) is 8.78 Å². The number of carbonyl (C=O) groups is 3. The minimum Gasteiger partial charge on any atom is -0.355 e. The Morgan fingerprint density at radius 3 is 2.45 bits per heavy atom. The quantitative estimate of drug-likeness (QED) is 0.460. The van der Waals surface area contributed by atoms with Crippen LogP contribution in [0.2, 0.25) is 0 Å². The Bertz CT molecular complexity index is 721. The predicted octanol–water partition coefficient (Wildman–Crippen LogP) is 0.981. The number of nitrogens with one attached hydrogen (secondary N) is 4. The van der Waals surface area contributed by atoms with Crippen LogP contribution < -0.4 is 21.3 Å². The van der Waals surface area contributed by atoms with Gasteiger partial charge < -0.3 is 21.3 Å². The van der Waals surface area contributed by atoms with Crippen molar-refractivity contribution in [3.8, 4) is 0 Å². The Kier molecular flexibility index (Phi) is 10.5. The lowest BCUT2D eigenvalue weighted by Gasteiger charge is -2.33. The van der Waals surface area contributed by atoms with Crippen molar-refractivity contribution in [2.24, 2.45) is 0 Å². The van der Waals surface area contributed by atoms with Gasteiger partial charge in [-0.1, -0.05) is 6.07 Å². The average molecular weight is 433 g/mol. The second-order valence-corrected chi connectivity index (χ2v) is 6.78. The number of halogens is 3. The molecule has 1 aromatic carbocycles. The fourth-order valence-corrected chi connectivity index (χ4v) is 3.19. The van der Waals surface area contributed by atoms with E-state index in [1.54, 1.807) is 0 Å². The third-order valence-corrected chi connectivity index (χ3v) is 4.60. The monoisotopic (exact) mass is 432 g/mol. The first-order valence-corrected chi connectivity index (χ1v) is 9.33. The summed E-state index contributed by atoms with van der Waals surface area (Å²) in [5.74, 6) is -2.67. The molecule has 2 unspecified atom stereocenters. The number of rotatable bonds is 8. The van der Waals surface area contributed by atoms with Gasteiger partial charge in [0.1, 0.15) is 0 Å². The molecule has 0 bridgehead atoms. The topological polar surface area (TPSA) is 99.3 Å². The van der Waals surface area contributed by atoms with Gasteiger partial charge in [-0.15, -0.1) is 12.4 Å². The standard InChI is InChI=1S/C19H26F2N4O3.ClH/c1-12(26)23-8-9-24-18(27)4-5-19(28)25-17-11-22-7-6-14(17)13-2-3-15(20)16(21)10-13;/h2-3,10,14,17,22H,4-9,11H2,1H3,(H,23,26)(H,24,27)(H,25,28);1H. The van der Waals surface area contributed by atoms with Gasteiger partial charge >= 0.3 is 0 Å². The number of benzene rings is 1. The van der Waals surface area contributed by atoms with Crippen LogP contribution in [-0.4, -0.2) is 49.9 Å². The van der Waals surface area contributed by atoms with Crippen molar-refractivity contribution in [2.75, 3.05) is 26.2 Å². The van der Waals surface area contributed by atoms with Crippen molar-refractivity contribution in [2.45, 2.75) is 38.1 Å². The molecule has 1 aliphatic rings. The van der Waals surface area contributed by atoms with Crippen LogP contribution in [0.5, 0.6) is 0 Å². The molecule has 2 atom stereocenters. The van der Waals surface area contributed by atoms with Crippen molar-refractivity contribution >= 4 is 30.1 Å². The number of hydrogen-bond donors (Lipinski definition) is 4. The van der Waals surface area contributed by atoms with Crippen LogP contribution in [0.4, 0.5) is 8.78 Å². The van der Waals surface area contributed by atoms with Crippen LogP contribution in [0, 0.1) is 11.6 Å². The molecule has 3 amide bonds. The second-order valence-electron chi connectivity index (χ2n) is 6.78. The van der Waals surface area contributed by atoms with Gasteiger partial charge in [0.2, 0.25) is 17.7 Å². The highest BCUT2D eigenvalue weighted by atomic mass is 35.5.